The lowest BCUT2D eigenvalue weighted by Gasteiger charge is -2.35. The number of likely N-dealkylation sites (tertiary alicyclic amines) is 1. The van der Waals surface area contributed by atoms with Crippen LogP contribution < -0.4 is 4.72 Å². The molecule has 1 fully saturated rings. The molecule has 2 aromatic rings. The van der Waals surface area contributed by atoms with Crippen LogP contribution in [0.4, 0.5) is 11.5 Å². The smallest absolute Gasteiger partial charge is 0.256 e. The molecule has 1 aliphatic rings. The van der Waals surface area contributed by atoms with E-state index < -0.39 is 10.0 Å². The first-order chi connectivity index (χ1) is 14.1. The van der Waals surface area contributed by atoms with E-state index in [1.165, 1.54) is 22.9 Å². The molecule has 11 heteroatoms. The molecule has 30 heavy (non-hydrogen) atoms. The molecule has 1 saturated heterocycles. The van der Waals surface area contributed by atoms with Gasteiger partial charge in [-0.1, -0.05) is 29.8 Å². The maximum absolute atomic E-state index is 13.5. The number of carbonyl (C=O) groups is 1. The van der Waals surface area contributed by atoms with Crippen molar-refractivity contribution >= 4 is 62.5 Å². The third-order valence-electron chi connectivity index (χ3n) is 4.71. The quantitative estimate of drug-likeness (QED) is 0.638. The summed E-state index contributed by atoms with van der Waals surface area (Å²) in [7, 11) is -3.58. The van der Waals surface area contributed by atoms with E-state index in [0.29, 0.717) is 29.5 Å². The maximum Gasteiger partial charge on any atom is 0.256 e. The number of aliphatic imine (C=N–C) groups is 1. The number of sulfonamides is 1. The Kier molecular flexibility index (Phi) is 6.54. The Bertz CT molecular complexity index is 1110. The van der Waals surface area contributed by atoms with Gasteiger partial charge in [-0.3, -0.25) is 9.52 Å². The van der Waals surface area contributed by atoms with Gasteiger partial charge >= 0.3 is 0 Å². The van der Waals surface area contributed by atoms with Crippen molar-refractivity contribution in [3.63, 3.8) is 0 Å². The van der Waals surface area contributed by atoms with Crippen molar-refractivity contribution in [2.45, 2.75) is 25.3 Å². The van der Waals surface area contributed by atoms with Crippen molar-refractivity contribution in [3.8, 4) is 0 Å². The van der Waals surface area contributed by atoms with Gasteiger partial charge < -0.3 is 4.90 Å². The fourth-order valence-electron chi connectivity index (χ4n) is 3.46. The number of carbonyl (C=O) groups excluding carboxylic acids is 1. The molecule has 1 N–H and O–H groups in total. The molecule has 2 heterocycles. The molecule has 1 aromatic carbocycles. The van der Waals surface area contributed by atoms with E-state index >= 15 is 0 Å². The Morgan fingerprint density at radius 2 is 2.07 bits per heavy atom. The number of hydrogen-bond donors (Lipinski definition) is 1. The van der Waals surface area contributed by atoms with Crippen LogP contribution >= 0.6 is 23.2 Å². The van der Waals surface area contributed by atoms with Gasteiger partial charge in [0.1, 0.15) is 5.16 Å². The Balaban J connectivity index is 2.02. The van der Waals surface area contributed by atoms with Gasteiger partial charge in [-0.25, -0.2) is 18.1 Å². The second kappa shape index (κ2) is 8.79. The number of aromatic nitrogens is 2. The van der Waals surface area contributed by atoms with Crippen LogP contribution in [0.1, 0.15) is 41.4 Å². The number of nitrogens with one attached hydrogen (secondary N) is 1. The van der Waals surface area contributed by atoms with E-state index in [4.69, 9.17) is 23.2 Å². The predicted molar refractivity (Wildman–Crippen MR) is 120 cm³/mol. The number of hydrogen-bond acceptors (Lipinski definition) is 5. The fourth-order valence-corrected chi connectivity index (χ4v) is 4.34. The number of rotatable bonds is 6. The molecule has 0 saturated carbocycles. The highest BCUT2D eigenvalue weighted by molar-refractivity contribution is 7.92. The van der Waals surface area contributed by atoms with Gasteiger partial charge in [-0.2, -0.15) is 5.10 Å². The third-order valence-corrected chi connectivity index (χ3v) is 5.70. The van der Waals surface area contributed by atoms with Crippen LogP contribution in [0.2, 0.25) is 5.02 Å². The summed E-state index contributed by atoms with van der Waals surface area (Å²) in [5, 5.41) is 4.93. The Labute approximate surface area is 185 Å². The average Bonchev–Trinajstić information content (AvgIpc) is 3.12. The van der Waals surface area contributed by atoms with Crippen LogP contribution in [-0.2, 0) is 10.0 Å². The fraction of sp³-hybridized carbons (Fsp3) is 0.316. The minimum Gasteiger partial charge on any atom is -0.330 e. The summed E-state index contributed by atoms with van der Waals surface area (Å²) in [6, 6.07) is 5.83. The van der Waals surface area contributed by atoms with Gasteiger partial charge in [-0.05, 0) is 44.2 Å². The normalized spacial score (nSPS) is 16.9. The zero-order valence-electron chi connectivity index (χ0n) is 16.3. The van der Waals surface area contributed by atoms with Gasteiger partial charge in [0.15, 0.2) is 5.82 Å². The second-order valence-electron chi connectivity index (χ2n) is 6.95. The summed E-state index contributed by atoms with van der Waals surface area (Å²) in [6.45, 7) is 7.67. The van der Waals surface area contributed by atoms with Crippen LogP contribution in [0, 0.1) is 0 Å². The highest BCUT2D eigenvalue weighted by atomic mass is 35.5. The van der Waals surface area contributed by atoms with E-state index in [0.717, 1.165) is 19.1 Å². The summed E-state index contributed by atoms with van der Waals surface area (Å²) in [4.78, 5) is 19.0. The molecule has 160 valence electrons. The van der Waals surface area contributed by atoms with Crippen LogP contribution in [0.25, 0.3) is 5.16 Å². The molecule has 1 unspecified atom stereocenters. The molecule has 8 nitrogen and oxygen atoms in total. The maximum atomic E-state index is 13.5. The summed E-state index contributed by atoms with van der Waals surface area (Å²) in [5.74, 6) is 0.0749. The monoisotopic (exact) mass is 469 g/mol. The van der Waals surface area contributed by atoms with Crippen LogP contribution in [-0.4, -0.2) is 48.5 Å². The summed E-state index contributed by atoms with van der Waals surface area (Å²) in [5.41, 5.74) is 0.944. The predicted octanol–water partition coefficient (Wildman–Crippen LogP) is 4.27. The number of amides is 1. The minimum absolute atomic E-state index is 0.159. The highest BCUT2D eigenvalue weighted by Crippen LogP contribution is 2.35. The molecule has 3 rings (SSSR count). The highest BCUT2D eigenvalue weighted by Gasteiger charge is 2.32. The molecule has 0 aliphatic carbocycles. The number of nitrogens with zero attached hydrogens (tertiary/aromatic N) is 4. The zero-order valence-corrected chi connectivity index (χ0v) is 18.6. The van der Waals surface area contributed by atoms with Gasteiger partial charge in [-0.15, -0.1) is 0 Å². The van der Waals surface area contributed by atoms with E-state index in [1.54, 1.807) is 11.0 Å². The third kappa shape index (κ3) is 4.85. The van der Waals surface area contributed by atoms with Crippen molar-refractivity contribution in [1.82, 2.24) is 14.7 Å². The molecule has 0 radical (unpaired) electrons. The van der Waals surface area contributed by atoms with Gasteiger partial charge in [0.25, 0.3) is 5.91 Å². The summed E-state index contributed by atoms with van der Waals surface area (Å²) < 4.78 is 27.2. The van der Waals surface area contributed by atoms with Crippen LogP contribution in [0.5, 0.6) is 0 Å². The van der Waals surface area contributed by atoms with Crippen LogP contribution in [0.15, 0.2) is 35.8 Å². The van der Waals surface area contributed by atoms with Crippen molar-refractivity contribution in [2.24, 2.45) is 4.99 Å². The largest absolute Gasteiger partial charge is 0.330 e. The first-order valence-electron chi connectivity index (χ1n) is 9.10. The summed E-state index contributed by atoms with van der Waals surface area (Å²) in [6.07, 6.45) is 3.43. The van der Waals surface area contributed by atoms with Crippen LogP contribution in [0.3, 0.4) is 0 Å². The number of piperidine rings is 1. The molecule has 0 spiro atoms. The first-order valence-corrected chi connectivity index (χ1v) is 11.7. The van der Waals surface area contributed by atoms with Crippen molar-refractivity contribution in [3.05, 3.63) is 47.1 Å². The lowest BCUT2D eigenvalue weighted by Crippen LogP contribution is -2.39. The molecule has 1 atom stereocenters. The standard InChI is InChI=1S/C19H21Cl2N5O3S/c1-12(20)26-18(22-2)11-16(23-26)17-6-4-5-9-25(17)19(27)14-10-13(21)7-8-15(14)24-30(3,28)29/h7-8,10-11,17,24H,1-2,4-6,9H2,3H3. The Morgan fingerprint density at radius 3 is 2.67 bits per heavy atom. The Hall–Kier alpha value is -2.36. The molecular weight excluding hydrogens is 449 g/mol. The SMILES string of the molecule is C=Nc1cc(C2CCCCN2C(=O)c2cc(Cl)ccc2NS(C)(=O)=O)nn1C(=C)Cl. The second-order valence-corrected chi connectivity index (χ2v) is 9.57. The lowest BCUT2D eigenvalue weighted by atomic mass is 9.98. The molecule has 1 aliphatic heterocycles. The minimum atomic E-state index is -3.58. The lowest BCUT2D eigenvalue weighted by molar-refractivity contribution is 0.0607. The summed E-state index contributed by atoms with van der Waals surface area (Å²) >= 11 is 12.1. The van der Waals surface area contributed by atoms with Crippen molar-refractivity contribution in [2.75, 3.05) is 17.5 Å². The number of anilines is 1. The van der Waals surface area contributed by atoms with E-state index in [-0.39, 0.29) is 28.4 Å². The van der Waals surface area contributed by atoms with E-state index in [9.17, 15) is 13.2 Å². The van der Waals surface area contributed by atoms with Crippen molar-refractivity contribution in [1.29, 1.82) is 0 Å². The van der Waals surface area contributed by atoms with E-state index in [2.05, 4.69) is 28.1 Å². The van der Waals surface area contributed by atoms with Gasteiger partial charge in [0.2, 0.25) is 10.0 Å². The zero-order chi connectivity index (χ0) is 22.1. The number of benzene rings is 1. The Morgan fingerprint density at radius 1 is 1.33 bits per heavy atom. The molecule has 1 amide bonds. The molecular formula is C19H21Cl2N5O3S. The van der Waals surface area contributed by atoms with Crippen molar-refractivity contribution < 1.29 is 13.2 Å². The molecule has 1 aromatic heterocycles. The van der Waals surface area contributed by atoms with Gasteiger partial charge in [0, 0.05) is 17.6 Å². The average molecular weight is 470 g/mol. The first kappa shape index (κ1) is 22.3. The van der Waals surface area contributed by atoms with E-state index in [1.807, 2.05) is 0 Å². The van der Waals surface area contributed by atoms with Gasteiger partial charge in [0.05, 0.1) is 29.2 Å². The molecule has 0 bridgehead atoms. The number of halogens is 2. The topological polar surface area (TPSA) is 96.7 Å².